The lowest BCUT2D eigenvalue weighted by molar-refractivity contribution is -0.312. The van der Waals surface area contributed by atoms with Crippen molar-refractivity contribution in [3.8, 4) is 0 Å². The van der Waals surface area contributed by atoms with Gasteiger partial charge in [-0.3, -0.25) is 9.59 Å². The van der Waals surface area contributed by atoms with Gasteiger partial charge >= 0.3 is 5.97 Å². The summed E-state index contributed by atoms with van der Waals surface area (Å²) in [5.74, 6) is -4.50. The third kappa shape index (κ3) is 20.8. The van der Waals surface area contributed by atoms with E-state index in [2.05, 4.69) is 5.32 Å². The second kappa shape index (κ2) is 28.6. The lowest BCUT2D eigenvalue weighted by Crippen LogP contribution is -2.68. The summed E-state index contributed by atoms with van der Waals surface area (Å²) in [6.07, 6.45) is -6.91. The first kappa shape index (κ1) is 46.1. The number of ether oxygens (including phenoxy) is 10. The number of ketones is 1. The van der Waals surface area contributed by atoms with Gasteiger partial charge in [-0.05, 0) is 6.92 Å². The fourth-order valence-electron chi connectivity index (χ4n) is 4.40. The Morgan fingerprint density at radius 2 is 1.08 bits per heavy atom. The Morgan fingerprint density at radius 1 is 0.700 bits per heavy atom. The predicted octanol–water partition coefficient (Wildman–Crippen LogP) is -2.74. The molecule has 6 N–H and O–H groups in total. The fraction of sp³-hybridized carbons (Fsp3) is 0.903. The number of hydrogen-bond donors (Lipinski definition) is 6. The van der Waals surface area contributed by atoms with Crippen molar-refractivity contribution in [2.75, 3.05) is 119 Å². The third-order valence-corrected chi connectivity index (χ3v) is 6.95. The van der Waals surface area contributed by atoms with E-state index in [1.165, 1.54) is 6.92 Å². The average molecular weight is 732 g/mol. The molecule has 0 aromatic heterocycles. The van der Waals surface area contributed by atoms with E-state index in [1.807, 2.05) is 0 Å². The minimum Gasteiger partial charge on any atom is -0.477 e. The van der Waals surface area contributed by atoms with E-state index in [4.69, 9.17) is 47.4 Å². The molecule has 1 heterocycles. The summed E-state index contributed by atoms with van der Waals surface area (Å²) in [7, 11) is 0. The Kier molecular flexibility index (Phi) is 26.4. The van der Waals surface area contributed by atoms with Crippen molar-refractivity contribution in [3.63, 3.8) is 0 Å². The minimum atomic E-state index is -2.41. The molecule has 1 aliphatic heterocycles. The van der Waals surface area contributed by atoms with Gasteiger partial charge in [-0.1, -0.05) is 0 Å². The van der Waals surface area contributed by atoms with E-state index in [-0.39, 0.29) is 32.2 Å². The van der Waals surface area contributed by atoms with Crippen LogP contribution >= 0.6 is 0 Å². The molecule has 0 bridgehead atoms. The van der Waals surface area contributed by atoms with Crippen LogP contribution in [0.5, 0.6) is 0 Å². The van der Waals surface area contributed by atoms with Crippen molar-refractivity contribution in [2.24, 2.45) is 0 Å². The molecule has 1 saturated heterocycles. The van der Waals surface area contributed by atoms with Crippen LogP contribution in [0.2, 0.25) is 0 Å². The van der Waals surface area contributed by atoms with Crippen molar-refractivity contribution in [2.45, 2.75) is 62.9 Å². The van der Waals surface area contributed by atoms with Gasteiger partial charge in [-0.25, -0.2) is 4.79 Å². The van der Waals surface area contributed by atoms with Crippen LogP contribution in [0, 0.1) is 0 Å². The van der Waals surface area contributed by atoms with E-state index >= 15 is 0 Å². The average Bonchev–Trinajstić information content (AvgIpc) is 3.07. The Balaban J connectivity index is 2.02. The number of aliphatic hydroxyl groups excluding tert-OH is 4. The highest BCUT2D eigenvalue weighted by Gasteiger charge is 2.55. The van der Waals surface area contributed by atoms with Gasteiger partial charge < -0.3 is 78.2 Å². The molecule has 50 heavy (non-hydrogen) atoms. The molecule has 6 unspecified atom stereocenters. The van der Waals surface area contributed by atoms with E-state index in [0.29, 0.717) is 92.3 Å². The maximum absolute atomic E-state index is 12.1. The van der Waals surface area contributed by atoms with Gasteiger partial charge in [-0.2, -0.15) is 0 Å². The summed E-state index contributed by atoms with van der Waals surface area (Å²) >= 11 is 0. The molecule has 0 aromatic rings. The molecule has 1 rings (SSSR count). The summed E-state index contributed by atoms with van der Waals surface area (Å²) < 4.78 is 54.1. The van der Waals surface area contributed by atoms with Crippen LogP contribution in [0.15, 0.2) is 0 Å². The molecule has 0 spiro atoms. The molecule has 19 nitrogen and oxygen atoms in total. The number of aliphatic hydroxyl groups is 4. The van der Waals surface area contributed by atoms with E-state index in [9.17, 15) is 39.9 Å². The lowest BCUT2D eigenvalue weighted by atomic mass is 9.88. The topological polar surface area (TPSA) is 257 Å². The molecular formula is C31H57NO18. The number of carboxylic acids is 1. The van der Waals surface area contributed by atoms with E-state index in [1.54, 1.807) is 0 Å². The van der Waals surface area contributed by atoms with Crippen molar-refractivity contribution in [1.29, 1.82) is 0 Å². The number of hydrogen-bond acceptors (Lipinski definition) is 17. The Hall–Kier alpha value is -1.95. The van der Waals surface area contributed by atoms with Gasteiger partial charge in [0.1, 0.15) is 24.1 Å². The first-order valence-electron chi connectivity index (χ1n) is 16.6. The molecule has 1 aliphatic rings. The number of aliphatic carboxylic acids is 1. The van der Waals surface area contributed by atoms with Crippen LogP contribution in [0.4, 0.5) is 0 Å². The largest absolute Gasteiger partial charge is 0.477 e. The predicted molar refractivity (Wildman–Crippen MR) is 170 cm³/mol. The standard InChI is InChI=1S/C31H57NO18/c1-23(34)3-4-41-5-6-42-7-8-43-9-10-44-11-12-45-13-14-46-15-16-47-17-18-48-19-20-49-31(30(39)40)21-25(36)27(32-24(2)35)29(50-31)28(38)26(37)22-33/h25-29,33,36-38H,3-22H2,1-2H3,(H,32,35)(H,39,40). The van der Waals surface area contributed by atoms with Crippen molar-refractivity contribution < 1.29 is 87.3 Å². The normalized spacial score (nSPS) is 21.9. The minimum absolute atomic E-state index is 0.0549. The smallest absolute Gasteiger partial charge is 0.364 e. The van der Waals surface area contributed by atoms with E-state index < -0.39 is 61.1 Å². The zero-order valence-electron chi connectivity index (χ0n) is 29.1. The molecule has 0 aromatic carbocycles. The Bertz CT molecular complexity index is 900. The second-order valence-corrected chi connectivity index (χ2v) is 11.1. The summed E-state index contributed by atoms with van der Waals surface area (Å²) in [6, 6.07) is -1.28. The zero-order chi connectivity index (χ0) is 37.0. The van der Waals surface area contributed by atoms with E-state index in [0.717, 1.165) is 6.92 Å². The molecule has 19 heteroatoms. The number of carboxylic acid groups (broad SMARTS) is 1. The van der Waals surface area contributed by atoms with Gasteiger partial charge in [0.25, 0.3) is 5.79 Å². The highest BCUT2D eigenvalue weighted by molar-refractivity contribution is 5.76. The molecule has 1 amide bonds. The van der Waals surface area contributed by atoms with Crippen LogP contribution in [0.3, 0.4) is 0 Å². The first-order chi connectivity index (χ1) is 24.0. The number of carbonyl (C=O) groups is 3. The quantitative estimate of drug-likeness (QED) is 0.0374. The van der Waals surface area contributed by atoms with Crippen LogP contribution in [0.25, 0.3) is 0 Å². The van der Waals surface area contributed by atoms with Gasteiger partial charge in [0, 0.05) is 19.8 Å². The highest BCUT2D eigenvalue weighted by atomic mass is 16.7. The van der Waals surface area contributed by atoms with Gasteiger partial charge in [0.2, 0.25) is 5.91 Å². The molecular weight excluding hydrogens is 674 g/mol. The van der Waals surface area contributed by atoms with Crippen LogP contribution in [-0.4, -0.2) is 198 Å². The molecule has 0 saturated carbocycles. The SMILES string of the molecule is CC(=O)CCOCCOCCOCCOCCOCCOCCOCCOCCOC1(C(=O)O)CC(O)C(NC(C)=O)C(C(O)C(O)CO)O1. The summed E-state index contributed by atoms with van der Waals surface area (Å²) in [6.45, 7) is 7.25. The van der Waals surface area contributed by atoms with Crippen molar-refractivity contribution >= 4 is 17.7 Å². The van der Waals surface area contributed by atoms with Crippen molar-refractivity contribution in [3.05, 3.63) is 0 Å². The summed E-state index contributed by atoms with van der Waals surface area (Å²) in [5, 5.41) is 52.3. The fourth-order valence-corrected chi connectivity index (χ4v) is 4.40. The van der Waals surface area contributed by atoms with Crippen LogP contribution in [0.1, 0.15) is 26.7 Å². The highest BCUT2D eigenvalue weighted by Crippen LogP contribution is 2.33. The maximum atomic E-state index is 12.1. The molecule has 1 fully saturated rings. The maximum Gasteiger partial charge on any atom is 0.364 e. The lowest BCUT2D eigenvalue weighted by Gasteiger charge is -2.46. The number of rotatable bonds is 33. The van der Waals surface area contributed by atoms with Crippen molar-refractivity contribution in [1.82, 2.24) is 5.32 Å². The monoisotopic (exact) mass is 731 g/mol. The summed E-state index contributed by atoms with van der Waals surface area (Å²) in [4.78, 5) is 34.5. The molecule has 0 radical (unpaired) electrons. The molecule has 0 aliphatic carbocycles. The first-order valence-corrected chi connectivity index (χ1v) is 16.6. The molecule has 294 valence electrons. The number of carbonyl (C=O) groups excluding carboxylic acids is 2. The summed E-state index contributed by atoms with van der Waals surface area (Å²) in [5.41, 5.74) is 0. The number of Topliss-reactive ketones (excluding diaryl/α,β-unsaturated/α-hetero) is 1. The van der Waals surface area contributed by atoms with Gasteiger partial charge in [-0.15, -0.1) is 0 Å². The van der Waals surface area contributed by atoms with Crippen LogP contribution in [-0.2, 0) is 61.8 Å². The Labute approximate surface area is 292 Å². The zero-order valence-corrected chi connectivity index (χ0v) is 29.1. The molecule has 6 atom stereocenters. The second-order valence-electron chi connectivity index (χ2n) is 11.1. The van der Waals surface area contributed by atoms with Gasteiger partial charge in [0.05, 0.1) is 131 Å². The number of amides is 1. The van der Waals surface area contributed by atoms with Gasteiger partial charge in [0.15, 0.2) is 0 Å². The third-order valence-electron chi connectivity index (χ3n) is 6.95. The number of nitrogens with one attached hydrogen (secondary N) is 1. The van der Waals surface area contributed by atoms with Crippen LogP contribution < -0.4 is 5.32 Å². The Morgan fingerprint density at radius 3 is 1.42 bits per heavy atom.